The minimum absolute atomic E-state index is 0.00822. The number of aromatic nitrogens is 2. The number of nitrogens with zero attached hydrogens (tertiary/aromatic N) is 2. The lowest BCUT2D eigenvalue weighted by molar-refractivity contribution is -0.136. The van der Waals surface area contributed by atoms with E-state index in [2.05, 4.69) is 4.98 Å². The fourth-order valence-corrected chi connectivity index (χ4v) is 2.10. The predicted octanol–water partition coefficient (Wildman–Crippen LogP) is 2.98. The fourth-order valence-electron chi connectivity index (χ4n) is 2.10. The number of hydrogen-bond donors (Lipinski definition) is 1. The fraction of sp³-hybridized carbons (Fsp3) is 0.385. The summed E-state index contributed by atoms with van der Waals surface area (Å²) in [5.74, 6) is 0. The highest BCUT2D eigenvalue weighted by Gasteiger charge is 2.36. The van der Waals surface area contributed by atoms with Crippen LogP contribution in [0.25, 0.3) is 11.0 Å². The van der Waals surface area contributed by atoms with Crippen molar-refractivity contribution in [3.05, 3.63) is 33.7 Å². The van der Waals surface area contributed by atoms with Crippen LogP contribution in [0.2, 0.25) is 0 Å². The summed E-state index contributed by atoms with van der Waals surface area (Å²) in [6.45, 7) is 5.31. The molecule has 2 heterocycles. The van der Waals surface area contributed by atoms with Crippen molar-refractivity contribution in [2.45, 2.75) is 32.5 Å². The zero-order valence-electron chi connectivity index (χ0n) is 11.1. The number of nitrogens with one attached hydrogen (secondary N) is 1. The number of H-pyrrole nitrogens is 1. The molecule has 20 heavy (non-hydrogen) atoms. The normalized spacial score (nSPS) is 12.7. The van der Waals surface area contributed by atoms with Gasteiger partial charge in [-0.25, -0.2) is 0 Å². The summed E-state index contributed by atoms with van der Waals surface area (Å²) >= 11 is 0. The SMILES string of the molecule is CC(C)(C)n1cc(C#N)c2c(C(F)(F)F)cc(=O)[nH]c21. The summed E-state index contributed by atoms with van der Waals surface area (Å²) in [5.41, 5.74) is -2.61. The Kier molecular flexibility index (Phi) is 2.93. The van der Waals surface area contributed by atoms with E-state index >= 15 is 0 Å². The third-order valence-electron chi connectivity index (χ3n) is 2.94. The number of aromatic amines is 1. The third kappa shape index (κ3) is 2.18. The van der Waals surface area contributed by atoms with Crippen LogP contribution in [0.5, 0.6) is 0 Å². The van der Waals surface area contributed by atoms with E-state index in [0.29, 0.717) is 6.07 Å². The Bertz CT molecular complexity index is 769. The van der Waals surface area contributed by atoms with Gasteiger partial charge in [0.1, 0.15) is 11.7 Å². The number of hydrogen-bond acceptors (Lipinski definition) is 2. The highest BCUT2D eigenvalue weighted by Crippen LogP contribution is 2.36. The van der Waals surface area contributed by atoms with Gasteiger partial charge in [0, 0.05) is 23.2 Å². The summed E-state index contributed by atoms with van der Waals surface area (Å²) in [6, 6.07) is 2.23. The van der Waals surface area contributed by atoms with Gasteiger partial charge in [0.05, 0.1) is 11.1 Å². The molecule has 2 aromatic heterocycles. The molecule has 0 aliphatic heterocycles. The van der Waals surface area contributed by atoms with Crippen molar-refractivity contribution in [2.75, 3.05) is 0 Å². The first-order valence-corrected chi connectivity index (χ1v) is 5.82. The second-order valence-electron chi connectivity index (χ2n) is 5.46. The number of alkyl halides is 3. The van der Waals surface area contributed by atoms with Gasteiger partial charge in [-0.2, -0.15) is 18.4 Å². The Labute approximate surface area is 112 Å². The Hall–Kier alpha value is -2.23. The lowest BCUT2D eigenvalue weighted by atomic mass is 10.1. The van der Waals surface area contributed by atoms with Crippen LogP contribution in [0.3, 0.4) is 0 Å². The maximum absolute atomic E-state index is 13.0. The maximum atomic E-state index is 13.0. The molecule has 0 bridgehead atoms. The molecule has 4 nitrogen and oxygen atoms in total. The lowest BCUT2D eigenvalue weighted by Gasteiger charge is -2.22. The van der Waals surface area contributed by atoms with Crippen LogP contribution in [-0.4, -0.2) is 9.55 Å². The van der Waals surface area contributed by atoms with Crippen molar-refractivity contribution in [1.29, 1.82) is 5.26 Å². The smallest absolute Gasteiger partial charge is 0.327 e. The first kappa shape index (κ1) is 14.2. The highest BCUT2D eigenvalue weighted by molar-refractivity contribution is 5.87. The Balaban J connectivity index is 3.03. The summed E-state index contributed by atoms with van der Waals surface area (Å²) in [7, 11) is 0. The molecule has 2 rings (SSSR count). The molecule has 106 valence electrons. The molecule has 0 saturated carbocycles. The van der Waals surface area contributed by atoms with Gasteiger partial charge in [-0.1, -0.05) is 0 Å². The van der Waals surface area contributed by atoms with Crippen LogP contribution in [0.4, 0.5) is 13.2 Å². The molecule has 0 amide bonds. The number of fused-ring (bicyclic) bond motifs is 1. The first-order chi connectivity index (χ1) is 9.05. The average Bonchev–Trinajstić information content (AvgIpc) is 2.64. The second kappa shape index (κ2) is 4.13. The summed E-state index contributed by atoms with van der Waals surface area (Å²) < 4.78 is 40.6. The van der Waals surface area contributed by atoms with Gasteiger partial charge in [-0.05, 0) is 20.8 Å². The molecule has 1 N–H and O–H groups in total. The highest BCUT2D eigenvalue weighted by atomic mass is 19.4. The summed E-state index contributed by atoms with van der Waals surface area (Å²) in [4.78, 5) is 13.9. The van der Waals surface area contributed by atoms with E-state index in [1.54, 1.807) is 26.8 Å². The molecule has 0 radical (unpaired) electrons. The van der Waals surface area contributed by atoms with Crippen LogP contribution in [0.1, 0.15) is 31.9 Å². The van der Waals surface area contributed by atoms with Crippen molar-refractivity contribution >= 4 is 11.0 Å². The van der Waals surface area contributed by atoms with Crippen LogP contribution in [-0.2, 0) is 11.7 Å². The monoisotopic (exact) mass is 283 g/mol. The zero-order valence-corrected chi connectivity index (χ0v) is 11.1. The van der Waals surface area contributed by atoms with Gasteiger partial charge >= 0.3 is 6.18 Å². The minimum Gasteiger partial charge on any atom is -0.327 e. The Morgan fingerprint density at radius 1 is 1.30 bits per heavy atom. The van der Waals surface area contributed by atoms with E-state index in [4.69, 9.17) is 5.26 Å². The molecule has 0 unspecified atom stereocenters. The van der Waals surface area contributed by atoms with Crippen LogP contribution in [0.15, 0.2) is 17.1 Å². The van der Waals surface area contributed by atoms with Crippen LogP contribution in [0, 0.1) is 11.3 Å². The van der Waals surface area contributed by atoms with Gasteiger partial charge in [0.2, 0.25) is 5.56 Å². The molecule has 0 fully saturated rings. The van der Waals surface area contributed by atoms with E-state index in [9.17, 15) is 18.0 Å². The molecule has 0 atom stereocenters. The number of nitriles is 1. The van der Waals surface area contributed by atoms with Crippen molar-refractivity contribution in [3.8, 4) is 6.07 Å². The van der Waals surface area contributed by atoms with Crippen molar-refractivity contribution in [3.63, 3.8) is 0 Å². The first-order valence-electron chi connectivity index (χ1n) is 5.82. The van der Waals surface area contributed by atoms with Crippen molar-refractivity contribution < 1.29 is 13.2 Å². The van der Waals surface area contributed by atoms with Crippen LogP contribution < -0.4 is 5.56 Å². The largest absolute Gasteiger partial charge is 0.417 e. The van der Waals surface area contributed by atoms with E-state index in [-0.39, 0.29) is 16.6 Å². The molecule has 0 saturated heterocycles. The molecule has 0 aliphatic carbocycles. The molecule has 2 aromatic rings. The second-order valence-corrected chi connectivity index (χ2v) is 5.46. The van der Waals surface area contributed by atoms with Gasteiger partial charge in [-0.3, -0.25) is 4.79 Å². The molecule has 0 aliphatic rings. The van der Waals surface area contributed by atoms with Gasteiger partial charge in [0.15, 0.2) is 0 Å². The zero-order chi connectivity index (χ0) is 15.3. The van der Waals surface area contributed by atoms with Gasteiger partial charge < -0.3 is 9.55 Å². The van der Waals surface area contributed by atoms with E-state index in [1.807, 2.05) is 0 Å². The quantitative estimate of drug-likeness (QED) is 0.808. The molecular weight excluding hydrogens is 271 g/mol. The number of pyridine rings is 1. The molecular formula is C13H12F3N3O. The van der Waals surface area contributed by atoms with Gasteiger partial charge in [0.25, 0.3) is 0 Å². The van der Waals surface area contributed by atoms with E-state index in [1.165, 1.54) is 10.8 Å². The lowest BCUT2D eigenvalue weighted by Crippen LogP contribution is -2.23. The molecule has 0 spiro atoms. The van der Waals surface area contributed by atoms with Gasteiger partial charge in [-0.15, -0.1) is 0 Å². The van der Waals surface area contributed by atoms with E-state index < -0.39 is 22.8 Å². The third-order valence-corrected chi connectivity index (χ3v) is 2.94. The summed E-state index contributed by atoms with van der Waals surface area (Å²) in [5, 5.41) is 8.78. The molecule has 7 heteroatoms. The number of rotatable bonds is 0. The minimum atomic E-state index is -4.69. The average molecular weight is 283 g/mol. The Morgan fingerprint density at radius 2 is 1.90 bits per heavy atom. The summed E-state index contributed by atoms with van der Waals surface area (Å²) in [6.07, 6.45) is -3.36. The van der Waals surface area contributed by atoms with Crippen molar-refractivity contribution in [1.82, 2.24) is 9.55 Å². The molecule has 0 aromatic carbocycles. The number of halogens is 3. The van der Waals surface area contributed by atoms with Crippen molar-refractivity contribution in [2.24, 2.45) is 0 Å². The van der Waals surface area contributed by atoms with Crippen LogP contribution >= 0.6 is 0 Å². The van der Waals surface area contributed by atoms with E-state index in [0.717, 1.165) is 0 Å². The maximum Gasteiger partial charge on any atom is 0.417 e. The Morgan fingerprint density at radius 3 is 2.35 bits per heavy atom. The standard InChI is InChI=1S/C13H12F3N3O/c1-12(2,3)19-6-7(5-17)10-8(13(14,15)16)4-9(20)18-11(10)19/h4,6H,1-3H3,(H,18,20). The predicted molar refractivity (Wildman–Crippen MR) is 67.3 cm³/mol. The topological polar surface area (TPSA) is 61.6 Å².